The summed E-state index contributed by atoms with van der Waals surface area (Å²) in [5, 5.41) is 23.5. The van der Waals surface area contributed by atoms with Gasteiger partial charge in [0.05, 0.1) is 40.5 Å². The number of anilines is 1. The average molecular weight is 465 g/mol. The maximum atomic E-state index is 13.0. The molecule has 2 aromatic heterocycles. The minimum Gasteiger partial charge on any atom is -0.358 e. The third kappa shape index (κ3) is 4.57. The molecule has 3 aromatic rings. The standard InChI is InChI=1S/C20H22Cl2N6O3/c1-5-17(27-11(2)9-18(25-27)28(30)31)20(29)23-19-12(3)24-26(13(19)4)10-14-15(21)7-6-8-16(14)22/h6-9,17H,5,10H2,1-4H3,(H,23,29). The molecule has 164 valence electrons. The first-order valence-corrected chi connectivity index (χ1v) is 10.4. The quantitative estimate of drug-likeness (QED) is 0.396. The Morgan fingerprint density at radius 1 is 1.23 bits per heavy atom. The van der Waals surface area contributed by atoms with E-state index >= 15 is 0 Å². The van der Waals surface area contributed by atoms with E-state index in [1.165, 1.54) is 10.7 Å². The van der Waals surface area contributed by atoms with Crippen molar-refractivity contribution in [3.63, 3.8) is 0 Å². The van der Waals surface area contributed by atoms with Crippen LogP contribution in [0.15, 0.2) is 24.3 Å². The lowest BCUT2D eigenvalue weighted by molar-refractivity contribution is -0.389. The van der Waals surface area contributed by atoms with Crippen molar-refractivity contribution >= 4 is 40.6 Å². The number of rotatable bonds is 7. The fourth-order valence-corrected chi connectivity index (χ4v) is 3.93. The molecule has 0 fully saturated rings. The molecule has 9 nitrogen and oxygen atoms in total. The Labute approximate surface area is 189 Å². The molecule has 1 atom stereocenters. The van der Waals surface area contributed by atoms with Crippen LogP contribution in [0.3, 0.4) is 0 Å². The molecule has 0 saturated carbocycles. The van der Waals surface area contributed by atoms with Crippen molar-refractivity contribution in [2.45, 2.75) is 46.7 Å². The highest BCUT2D eigenvalue weighted by molar-refractivity contribution is 6.35. The van der Waals surface area contributed by atoms with Gasteiger partial charge in [0, 0.05) is 15.6 Å². The topological polar surface area (TPSA) is 108 Å². The Kier molecular flexibility index (Phi) is 6.66. The molecule has 0 aliphatic heterocycles. The van der Waals surface area contributed by atoms with E-state index in [2.05, 4.69) is 15.5 Å². The summed E-state index contributed by atoms with van der Waals surface area (Å²) in [5.74, 6) is -0.620. The predicted octanol–water partition coefficient (Wildman–Crippen LogP) is 4.86. The summed E-state index contributed by atoms with van der Waals surface area (Å²) >= 11 is 12.6. The molecule has 0 radical (unpaired) electrons. The number of halogens is 2. The van der Waals surface area contributed by atoms with Gasteiger partial charge in [-0.25, -0.2) is 0 Å². The van der Waals surface area contributed by atoms with Crippen LogP contribution in [0, 0.1) is 30.9 Å². The smallest absolute Gasteiger partial charge is 0.358 e. The summed E-state index contributed by atoms with van der Waals surface area (Å²) in [4.78, 5) is 23.5. The summed E-state index contributed by atoms with van der Waals surface area (Å²) in [5.41, 5.74) is 3.21. The highest BCUT2D eigenvalue weighted by Crippen LogP contribution is 2.28. The molecule has 0 aliphatic rings. The van der Waals surface area contributed by atoms with Crippen molar-refractivity contribution in [1.82, 2.24) is 19.6 Å². The SMILES string of the molecule is CCC(C(=O)Nc1c(C)nn(Cc2c(Cl)cccc2Cl)c1C)n1nc([N+](=O)[O-])cc1C. The predicted molar refractivity (Wildman–Crippen MR) is 119 cm³/mol. The third-order valence-corrected chi connectivity index (χ3v) is 5.79. The van der Waals surface area contributed by atoms with Crippen LogP contribution in [0.1, 0.15) is 42.0 Å². The van der Waals surface area contributed by atoms with Crippen molar-refractivity contribution in [3.8, 4) is 0 Å². The number of benzene rings is 1. The van der Waals surface area contributed by atoms with Crippen molar-refractivity contribution < 1.29 is 9.72 Å². The Morgan fingerprint density at radius 3 is 2.42 bits per heavy atom. The summed E-state index contributed by atoms with van der Waals surface area (Å²) in [7, 11) is 0. The zero-order valence-corrected chi connectivity index (χ0v) is 19.0. The number of nitrogens with one attached hydrogen (secondary N) is 1. The first-order chi connectivity index (χ1) is 14.6. The second kappa shape index (κ2) is 9.07. The number of aryl methyl sites for hydroxylation is 2. The second-order valence-electron chi connectivity index (χ2n) is 7.16. The number of carbonyl (C=O) groups excluding carboxylic acids is 1. The van der Waals surface area contributed by atoms with Crippen LogP contribution in [0.2, 0.25) is 10.0 Å². The van der Waals surface area contributed by atoms with E-state index in [0.29, 0.717) is 40.1 Å². The second-order valence-corrected chi connectivity index (χ2v) is 7.98. The van der Waals surface area contributed by atoms with Crippen LogP contribution < -0.4 is 5.32 Å². The van der Waals surface area contributed by atoms with Crippen LogP contribution >= 0.6 is 23.2 Å². The summed E-state index contributed by atoms with van der Waals surface area (Å²) in [6.45, 7) is 7.48. The molecule has 0 saturated heterocycles. The van der Waals surface area contributed by atoms with E-state index in [-0.39, 0.29) is 11.7 Å². The van der Waals surface area contributed by atoms with Gasteiger partial charge in [-0.2, -0.15) is 9.78 Å². The molecule has 1 aromatic carbocycles. The molecule has 1 N–H and O–H groups in total. The van der Waals surface area contributed by atoms with Crippen LogP contribution in [-0.4, -0.2) is 30.4 Å². The Morgan fingerprint density at radius 2 is 1.87 bits per heavy atom. The number of carbonyl (C=O) groups is 1. The molecule has 1 unspecified atom stereocenters. The van der Waals surface area contributed by atoms with Gasteiger partial charge in [-0.05, 0) is 44.2 Å². The lowest BCUT2D eigenvalue weighted by atomic mass is 10.2. The maximum Gasteiger partial charge on any atom is 0.390 e. The molecule has 3 rings (SSSR count). The van der Waals surface area contributed by atoms with E-state index in [1.807, 2.05) is 13.8 Å². The van der Waals surface area contributed by atoms with E-state index in [0.717, 1.165) is 11.3 Å². The molecule has 2 heterocycles. The highest BCUT2D eigenvalue weighted by Gasteiger charge is 2.28. The molecule has 0 aliphatic carbocycles. The Balaban J connectivity index is 1.87. The molecule has 0 spiro atoms. The lowest BCUT2D eigenvalue weighted by Gasteiger charge is -2.15. The van der Waals surface area contributed by atoms with Gasteiger partial charge in [0.15, 0.2) is 6.04 Å². The number of nitro groups is 1. The van der Waals surface area contributed by atoms with Gasteiger partial charge in [0.25, 0.3) is 5.91 Å². The fraction of sp³-hybridized carbons (Fsp3) is 0.350. The first-order valence-electron chi connectivity index (χ1n) is 9.62. The monoisotopic (exact) mass is 464 g/mol. The van der Waals surface area contributed by atoms with E-state index in [1.54, 1.807) is 36.7 Å². The van der Waals surface area contributed by atoms with Gasteiger partial charge < -0.3 is 15.4 Å². The summed E-state index contributed by atoms with van der Waals surface area (Å²) in [6.07, 6.45) is 0.410. The lowest BCUT2D eigenvalue weighted by Crippen LogP contribution is -2.27. The van der Waals surface area contributed by atoms with Gasteiger partial charge in [0.1, 0.15) is 0 Å². The highest BCUT2D eigenvalue weighted by atomic mass is 35.5. The van der Waals surface area contributed by atoms with E-state index in [9.17, 15) is 14.9 Å². The fourth-order valence-electron chi connectivity index (χ4n) is 3.42. The average Bonchev–Trinajstić information content (AvgIpc) is 3.21. The number of aromatic nitrogens is 4. The molecule has 0 bridgehead atoms. The molecule has 1 amide bonds. The van der Waals surface area contributed by atoms with Crippen molar-refractivity contribution in [1.29, 1.82) is 0 Å². The van der Waals surface area contributed by atoms with Crippen LogP contribution in [0.25, 0.3) is 0 Å². The largest absolute Gasteiger partial charge is 0.390 e. The number of amides is 1. The van der Waals surface area contributed by atoms with E-state index < -0.39 is 11.0 Å². The Hall–Kier alpha value is -2.91. The molecule has 11 heteroatoms. The normalized spacial score (nSPS) is 12.1. The maximum absolute atomic E-state index is 13.0. The number of hydrogen-bond donors (Lipinski definition) is 1. The van der Waals surface area contributed by atoms with Gasteiger partial charge in [-0.1, -0.05) is 36.2 Å². The van der Waals surface area contributed by atoms with Crippen LogP contribution in [0.4, 0.5) is 11.5 Å². The summed E-state index contributed by atoms with van der Waals surface area (Å²) < 4.78 is 3.11. The van der Waals surface area contributed by atoms with Crippen molar-refractivity contribution in [3.05, 3.63) is 67.1 Å². The van der Waals surface area contributed by atoms with Gasteiger partial charge >= 0.3 is 5.82 Å². The first kappa shape index (κ1) is 22.8. The van der Waals surface area contributed by atoms with E-state index in [4.69, 9.17) is 23.2 Å². The van der Waals surface area contributed by atoms with Gasteiger partial charge in [-0.15, -0.1) is 0 Å². The third-order valence-electron chi connectivity index (χ3n) is 5.08. The zero-order valence-electron chi connectivity index (χ0n) is 17.5. The minimum absolute atomic E-state index is 0.291. The minimum atomic E-state index is -0.700. The van der Waals surface area contributed by atoms with Gasteiger partial charge in [-0.3, -0.25) is 9.48 Å². The van der Waals surface area contributed by atoms with Crippen LogP contribution in [-0.2, 0) is 11.3 Å². The van der Waals surface area contributed by atoms with Crippen molar-refractivity contribution in [2.75, 3.05) is 5.32 Å². The summed E-state index contributed by atoms with van der Waals surface area (Å²) in [6, 6.07) is 5.93. The Bertz CT molecular complexity index is 1130. The van der Waals surface area contributed by atoms with Gasteiger partial charge in [0.2, 0.25) is 0 Å². The number of nitrogens with zero attached hydrogens (tertiary/aromatic N) is 5. The molecule has 31 heavy (non-hydrogen) atoms. The number of hydrogen-bond acceptors (Lipinski definition) is 5. The molecular weight excluding hydrogens is 443 g/mol. The van der Waals surface area contributed by atoms with Crippen LogP contribution in [0.5, 0.6) is 0 Å². The van der Waals surface area contributed by atoms with Crippen molar-refractivity contribution in [2.24, 2.45) is 0 Å². The zero-order chi connectivity index (χ0) is 22.9. The molecular formula is C20H22Cl2N6O3.